The number of nitrogens with one attached hydrogen (secondary N) is 1. The number of aliphatic carboxylic acids is 1. The number of aryl methyl sites for hydroxylation is 1. The van der Waals surface area contributed by atoms with Crippen LogP contribution in [0.5, 0.6) is 5.75 Å². The maximum absolute atomic E-state index is 12.4. The third kappa shape index (κ3) is 4.25. The van der Waals surface area contributed by atoms with Crippen molar-refractivity contribution in [3.63, 3.8) is 0 Å². The molecular weight excluding hydrogens is 298 g/mol. The van der Waals surface area contributed by atoms with Gasteiger partial charge >= 0.3 is 5.97 Å². The molecule has 124 valence electrons. The maximum Gasteiger partial charge on any atom is 0.303 e. The Balaban J connectivity index is 1.97. The molecule has 1 aromatic carbocycles. The number of fused-ring (bicyclic) bond motifs is 1. The maximum atomic E-state index is 12.4. The first-order valence-corrected chi connectivity index (χ1v) is 7.60. The second-order valence-corrected chi connectivity index (χ2v) is 5.36. The Hall–Kier alpha value is -2.50. The van der Waals surface area contributed by atoms with Crippen LogP contribution >= 0.6 is 0 Å². The molecule has 0 atom stereocenters. The zero-order valence-corrected chi connectivity index (χ0v) is 13.3. The first-order valence-electron chi connectivity index (χ1n) is 7.60. The van der Waals surface area contributed by atoms with E-state index in [0.29, 0.717) is 35.6 Å². The molecule has 1 aromatic heterocycles. The van der Waals surface area contributed by atoms with Gasteiger partial charge in [0.2, 0.25) is 0 Å². The zero-order valence-electron chi connectivity index (χ0n) is 13.3. The van der Waals surface area contributed by atoms with E-state index in [9.17, 15) is 9.59 Å². The summed E-state index contributed by atoms with van der Waals surface area (Å²) in [5.74, 6) is 0.258. The molecule has 6 nitrogen and oxygen atoms in total. The van der Waals surface area contributed by atoms with Crippen molar-refractivity contribution in [2.45, 2.75) is 32.6 Å². The molecule has 0 bridgehead atoms. The summed E-state index contributed by atoms with van der Waals surface area (Å²) in [5.41, 5.74) is 1.17. The predicted molar refractivity (Wildman–Crippen MR) is 85.9 cm³/mol. The summed E-state index contributed by atoms with van der Waals surface area (Å²) in [6.45, 7) is 2.27. The number of ether oxygens (including phenoxy) is 1. The third-order valence-corrected chi connectivity index (χ3v) is 3.65. The highest BCUT2D eigenvalue weighted by Crippen LogP contribution is 2.28. The summed E-state index contributed by atoms with van der Waals surface area (Å²) < 4.78 is 10.8. The van der Waals surface area contributed by atoms with E-state index in [-0.39, 0.29) is 12.3 Å². The number of hydrogen-bond donors (Lipinski definition) is 2. The Morgan fingerprint density at radius 3 is 2.74 bits per heavy atom. The van der Waals surface area contributed by atoms with Gasteiger partial charge in [0.15, 0.2) is 0 Å². The highest BCUT2D eigenvalue weighted by molar-refractivity contribution is 6.07. The van der Waals surface area contributed by atoms with Crippen LogP contribution in [0.1, 0.15) is 41.8 Å². The molecule has 2 N–H and O–H groups in total. The molecule has 0 radical (unpaired) electrons. The van der Waals surface area contributed by atoms with Gasteiger partial charge in [-0.3, -0.25) is 9.59 Å². The number of amides is 1. The molecule has 0 aliphatic rings. The van der Waals surface area contributed by atoms with Crippen molar-refractivity contribution < 1.29 is 23.8 Å². The number of methoxy groups -OCH3 is 1. The highest BCUT2D eigenvalue weighted by atomic mass is 16.5. The van der Waals surface area contributed by atoms with Gasteiger partial charge in [-0.1, -0.05) is 6.42 Å². The number of hydrogen-bond acceptors (Lipinski definition) is 4. The average molecular weight is 319 g/mol. The van der Waals surface area contributed by atoms with Crippen molar-refractivity contribution in [2.75, 3.05) is 13.7 Å². The molecule has 0 unspecified atom stereocenters. The molecule has 23 heavy (non-hydrogen) atoms. The van der Waals surface area contributed by atoms with Crippen LogP contribution in [0.3, 0.4) is 0 Å². The van der Waals surface area contributed by atoms with Crippen LogP contribution in [0.25, 0.3) is 11.0 Å². The number of rotatable bonds is 8. The lowest BCUT2D eigenvalue weighted by Crippen LogP contribution is -2.24. The number of carbonyl (C=O) groups excluding carboxylic acids is 1. The fraction of sp³-hybridized carbons (Fsp3) is 0.412. The number of benzene rings is 1. The minimum Gasteiger partial charge on any atom is -0.497 e. The predicted octanol–water partition coefficient (Wildman–Crippen LogP) is 3.12. The molecule has 0 saturated heterocycles. The summed E-state index contributed by atoms with van der Waals surface area (Å²) in [7, 11) is 1.57. The van der Waals surface area contributed by atoms with Gasteiger partial charge in [-0.05, 0) is 38.0 Å². The molecule has 1 amide bonds. The number of carbonyl (C=O) groups is 2. The van der Waals surface area contributed by atoms with Crippen LogP contribution < -0.4 is 10.1 Å². The van der Waals surface area contributed by atoms with E-state index in [1.54, 1.807) is 32.2 Å². The summed E-state index contributed by atoms with van der Waals surface area (Å²) >= 11 is 0. The lowest BCUT2D eigenvalue weighted by Gasteiger charge is -2.05. The normalized spacial score (nSPS) is 10.7. The minimum atomic E-state index is -0.788. The van der Waals surface area contributed by atoms with Gasteiger partial charge in [0.25, 0.3) is 5.91 Å². The Morgan fingerprint density at radius 2 is 2.04 bits per heavy atom. The molecule has 0 aliphatic heterocycles. The van der Waals surface area contributed by atoms with Gasteiger partial charge in [0.1, 0.15) is 17.1 Å². The second-order valence-electron chi connectivity index (χ2n) is 5.36. The summed E-state index contributed by atoms with van der Waals surface area (Å²) in [6.07, 6.45) is 2.30. The Bertz CT molecular complexity index is 704. The number of unbranched alkanes of at least 4 members (excludes halogenated alkanes) is 2. The molecule has 2 aromatic rings. The average Bonchev–Trinajstić information content (AvgIpc) is 2.85. The van der Waals surface area contributed by atoms with Crippen molar-refractivity contribution in [3.05, 3.63) is 29.5 Å². The van der Waals surface area contributed by atoms with Crippen LogP contribution in [-0.4, -0.2) is 30.6 Å². The SMILES string of the molecule is COc1ccc2oc(C)c(C(=O)NCCCCCC(=O)O)c2c1. The van der Waals surface area contributed by atoms with Crippen LogP contribution in [0.4, 0.5) is 0 Å². The van der Waals surface area contributed by atoms with Gasteiger partial charge in [-0.25, -0.2) is 0 Å². The quantitative estimate of drug-likeness (QED) is 0.730. The first kappa shape index (κ1) is 16.9. The smallest absolute Gasteiger partial charge is 0.303 e. The van der Waals surface area contributed by atoms with Gasteiger partial charge in [-0.15, -0.1) is 0 Å². The molecule has 0 saturated carbocycles. The second kappa shape index (κ2) is 7.67. The van der Waals surface area contributed by atoms with Gasteiger partial charge in [0, 0.05) is 18.4 Å². The summed E-state index contributed by atoms with van der Waals surface area (Å²) in [5, 5.41) is 12.2. The fourth-order valence-electron chi connectivity index (χ4n) is 2.48. The van der Waals surface area contributed by atoms with Crippen LogP contribution in [-0.2, 0) is 4.79 Å². The minimum absolute atomic E-state index is 0.166. The number of carboxylic acid groups (broad SMARTS) is 1. The summed E-state index contributed by atoms with van der Waals surface area (Å²) in [6, 6.07) is 5.35. The summed E-state index contributed by atoms with van der Waals surface area (Å²) in [4.78, 5) is 22.8. The van der Waals surface area contributed by atoms with E-state index in [2.05, 4.69) is 5.32 Å². The monoisotopic (exact) mass is 319 g/mol. The Labute approximate surface area is 134 Å². The first-order chi connectivity index (χ1) is 11.0. The third-order valence-electron chi connectivity index (χ3n) is 3.65. The fourth-order valence-corrected chi connectivity index (χ4v) is 2.48. The van der Waals surface area contributed by atoms with Crippen molar-refractivity contribution in [3.8, 4) is 5.75 Å². The van der Waals surface area contributed by atoms with Crippen molar-refractivity contribution in [1.29, 1.82) is 0 Å². The van der Waals surface area contributed by atoms with E-state index >= 15 is 0 Å². The topological polar surface area (TPSA) is 88.8 Å². The van der Waals surface area contributed by atoms with Crippen molar-refractivity contribution >= 4 is 22.8 Å². The molecule has 0 fully saturated rings. The van der Waals surface area contributed by atoms with Crippen molar-refractivity contribution in [2.24, 2.45) is 0 Å². The molecule has 2 rings (SSSR count). The lowest BCUT2D eigenvalue weighted by molar-refractivity contribution is -0.137. The van der Waals surface area contributed by atoms with E-state index < -0.39 is 5.97 Å². The number of furan rings is 1. The van der Waals surface area contributed by atoms with Gasteiger partial charge in [0.05, 0.1) is 12.7 Å². The molecule has 0 aliphatic carbocycles. The van der Waals surface area contributed by atoms with Crippen LogP contribution in [0, 0.1) is 6.92 Å². The van der Waals surface area contributed by atoms with Gasteiger partial charge < -0.3 is 19.6 Å². The van der Waals surface area contributed by atoms with E-state index in [1.165, 1.54) is 0 Å². The van der Waals surface area contributed by atoms with Gasteiger partial charge in [-0.2, -0.15) is 0 Å². The largest absolute Gasteiger partial charge is 0.497 e. The lowest BCUT2D eigenvalue weighted by atomic mass is 10.1. The van der Waals surface area contributed by atoms with Crippen molar-refractivity contribution in [1.82, 2.24) is 5.32 Å². The standard InChI is InChI=1S/C17H21NO5/c1-11-16(13-10-12(22-2)7-8-14(13)23-11)17(21)18-9-5-3-4-6-15(19)20/h7-8,10H,3-6,9H2,1-2H3,(H,18,21)(H,19,20). The molecular formula is C17H21NO5. The van der Waals surface area contributed by atoms with Crippen LogP contribution in [0.15, 0.2) is 22.6 Å². The Morgan fingerprint density at radius 1 is 1.26 bits per heavy atom. The molecule has 1 heterocycles. The van der Waals surface area contributed by atoms with E-state index in [0.717, 1.165) is 18.2 Å². The molecule has 0 spiro atoms. The zero-order chi connectivity index (χ0) is 16.8. The molecule has 6 heteroatoms. The van der Waals surface area contributed by atoms with E-state index in [4.69, 9.17) is 14.3 Å². The Kier molecular flexibility index (Phi) is 5.62. The highest BCUT2D eigenvalue weighted by Gasteiger charge is 2.18. The van der Waals surface area contributed by atoms with Crippen LogP contribution in [0.2, 0.25) is 0 Å². The van der Waals surface area contributed by atoms with E-state index in [1.807, 2.05) is 0 Å². The number of carboxylic acids is 1.